The molecule has 1 saturated heterocycles. The maximum Gasteiger partial charge on any atom is 0.301 e. The predicted molar refractivity (Wildman–Crippen MR) is 69.8 cm³/mol. The lowest BCUT2D eigenvalue weighted by molar-refractivity contribution is 0.0733. The van der Waals surface area contributed by atoms with Gasteiger partial charge in [-0.25, -0.2) is 8.78 Å². The number of ether oxygens (including phenoxy) is 1. The highest BCUT2D eigenvalue weighted by atomic mass is 32.2. The molecule has 1 aromatic rings. The monoisotopic (exact) mass is 321 g/mol. The fourth-order valence-electron chi connectivity index (χ4n) is 1.83. The third kappa shape index (κ3) is 3.46. The maximum absolute atomic E-state index is 13.2. The quantitative estimate of drug-likeness (QED) is 0.818. The predicted octanol–water partition coefficient (Wildman–Crippen LogP) is 0.0526. The molecule has 21 heavy (non-hydrogen) atoms. The molecule has 7 nitrogen and oxygen atoms in total. The van der Waals surface area contributed by atoms with Crippen molar-refractivity contribution >= 4 is 21.8 Å². The summed E-state index contributed by atoms with van der Waals surface area (Å²) < 4.78 is 58.7. The first-order valence-corrected chi connectivity index (χ1v) is 7.40. The van der Waals surface area contributed by atoms with Crippen molar-refractivity contribution in [1.82, 2.24) is 4.31 Å². The largest absolute Gasteiger partial charge is 0.379 e. The van der Waals surface area contributed by atoms with Gasteiger partial charge in [-0.2, -0.15) is 12.7 Å². The van der Waals surface area contributed by atoms with Gasteiger partial charge in [0.1, 0.15) is 0 Å². The number of rotatable bonds is 4. The number of amides is 1. The number of morpholine rings is 1. The number of anilines is 1. The third-order valence-corrected chi connectivity index (χ3v) is 4.40. The zero-order valence-electron chi connectivity index (χ0n) is 10.8. The van der Waals surface area contributed by atoms with Crippen LogP contribution in [-0.4, -0.2) is 44.9 Å². The molecule has 0 atom stereocenters. The lowest BCUT2D eigenvalue weighted by Gasteiger charge is -2.26. The molecular weight excluding hydrogens is 308 g/mol. The molecule has 10 heteroatoms. The minimum atomic E-state index is -4.02. The molecule has 0 saturated carbocycles. The number of benzene rings is 1. The van der Waals surface area contributed by atoms with Crippen molar-refractivity contribution in [2.24, 2.45) is 5.73 Å². The Bertz CT molecular complexity index is 660. The average molecular weight is 321 g/mol. The van der Waals surface area contributed by atoms with Crippen molar-refractivity contribution < 1.29 is 26.7 Å². The van der Waals surface area contributed by atoms with E-state index in [-0.39, 0.29) is 26.3 Å². The number of carbonyl (C=O) groups excluding carboxylic acids is 1. The highest BCUT2D eigenvalue weighted by molar-refractivity contribution is 7.90. The first-order valence-electron chi connectivity index (χ1n) is 5.96. The van der Waals surface area contributed by atoms with E-state index < -0.39 is 39.0 Å². The second-order valence-electron chi connectivity index (χ2n) is 4.29. The molecule has 2 rings (SSSR count). The summed E-state index contributed by atoms with van der Waals surface area (Å²) in [7, 11) is -4.02. The van der Waals surface area contributed by atoms with Crippen LogP contribution in [0.4, 0.5) is 14.5 Å². The number of nitrogens with two attached hydrogens (primary N) is 1. The van der Waals surface area contributed by atoms with Gasteiger partial charge in [0, 0.05) is 19.2 Å². The Hall–Kier alpha value is -1.78. The molecular formula is C11H13F2N3O4S. The van der Waals surface area contributed by atoms with E-state index in [1.807, 2.05) is 4.72 Å². The molecule has 1 aliphatic heterocycles. The van der Waals surface area contributed by atoms with E-state index in [0.29, 0.717) is 12.1 Å². The second-order valence-corrected chi connectivity index (χ2v) is 5.97. The van der Waals surface area contributed by atoms with Gasteiger partial charge in [-0.15, -0.1) is 0 Å². The molecule has 0 aliphatic carbocycles. The topological polar surface area (TPSA) is 102 Å². The van der Waals surface area contributed by atoms with Gasteiger partial charge in [0.2, 0.25) is 0 Å². The van der Waals surface area contributed by atoms with E-state index in [1.165, 1.54) is 0 Å². The van der Waals surface area contributed by atoms with Gasteiger partial charge in [-0.1, -0.05) is 0 Å². The summed E-state index contributed by atoms with van der Waals surface area (Å²) >= 11 is 0. The van der Waals surface area contributed by atoms with Crippen LogP contribution in [0.2, 0.25) is 0 Å². The lowest BCUT2D eigenvalue weighted by atomic mass is 10.1. The zero-order chi connectivity index (χ0) is 15.6. The van der Waals surface area contributed by atoms with Crippen molar-refractivity contribution in [3.8, 4) is 0 Å². The molecule has 0 unspecified atom stereocenters. The molecule has 1 fully saturated rings. The molecule has 116 valence electrons. The fraction of sp³-hybridized carbons (Fsp3) is 0.364. The van der Waals surface area contributed by atoms with Crippen LogP contribution in [-0.2, 0) is 14.9 Å². The number of primary amides is 1. The number of halogens is 2. The number of hydrogen-bond donors (Lipinski definition) is 2. The first-order chi connectivity index (χ1) is 9.81. The summed E-state index contributed by atoms with van der Waals surface area (Å²) in [5, 5.41) is 0. The van der Waals surface area contributed by atoms with Crippen LogP contribution in [0.1, 0.15) is 10.4 Å². The van der Waals surface area contributed by atoms with E-state index in [9.17, 15) is 22.0 Å². The molecule has 1 aromatic carbocycles. The van der Waals surface area contributed by atoms with Gasteiger partial charge >= 0.3 is 10.2 Å². The Labute approximate surface area is 119 Å². The minimum Gasteiger partial charge on any atom is -0.379 e. The SMILES string of the molecule is NC(=O)c1cc(F)c(F)cc1NS(=O)(=O)N1CCOCC1. The van der Waals surface area contributed by atoms with Crippen LogP contribution >= 0.6 is 0 Å². The van der Waals surface area contributed by atoms with Crippen molar-refractivity contribution in [2.45, 2.75) is 0 Å². The van der Waals surface area contributed by atoms with Gasteiger partial charge in [-0.05, 0) is 6.07 Å². The average Bonchev–Trinajstić information content (AvgIpc) is 2.43. The Kier molecular flexibility index (Phi) is 4.40. The minimum absolute atomic E-state index is 0.116. The van der Waals surface area contributed by atoms with Crippen LogP contribution < -0.4 is 10.5 Å². The molecule has 0 aromatic heterocycles. The van der Waals surface area contributed by atoms with Crippen molar-refractivity contribution in [2.75, 3.05) is 31.0 Å². The van der Waals surface area contributed by atoms with Gasteiger partial charge in [-0.3, -0.25) is 9.52 Å². The van der Waals surface area contributed by atoms with Crippen LogP contribution in [0, 0.1) is 11.6 Å². The van der Waals surface area contributed by atoms with E-state index in [4.69, 9.17) is 10.5 Å². The Morgan fingerprint density at radius 2 is 1.81 bits per heavy atom. The van der Waals surface area contributed by atoms with Crippen LogP contribution in [0.3, 0.4) is 0 Å². The van der Waals surface area contributed by atoms with E-state index in [1.54, 1.807) is 0 Å². The van der Waals surface area contributed by atoms with Gasteiger partial charge < -0.3 is 10.5 Å². The molecule has 1 heterocycles. The highest BCUT2D eigenvalue weighted by Crippen LogP contribution is 2.22. The maximum atomic E-state index is 13.2. The molecule has 0 radical (unpaired) electrons. The van der Waals surface area contributed by atoms with Gasteiger partial charge in [0.05, 0.1) is 24.5 Å². The molecule has 0 spiro atoms. The van der Waals surface area contributed by atoms with Gasteiger partial charge in [0.25, 0.3) is 5.91 Å². The second kappa shape index (κ2) is 5.92. The number of nitrogens with one attached hydrogen (secondary N) is 1. The van der Waals surface area contributed by atoms with Crippen LogP contribution in [0.15, 0.2) is 12.1 Å². The van der Waals surface area contributed by atoms with Crippen molar-refractivity contribution in [3.63, 3.8) is 0 Å². The van der Waals surface area contributed by atoms with E-state index in [2.05, 4.69) is 0 Å². The molecule has 1 amide bonds. The van der Waals surface area contributed by atoms with Crippen molar-refractivity contribution in [1.29, 1.82) is 0 Å². The first kappa shape index (κ1) is 15.6. The number of nitrogens with zero attached hydrogens (tertiary/aromatic N) is 1. The molecule has 3 N–H and O–H groups in total. The lowest BCUT2D eigenvalue weighted by Crippen LogP contribution is -2.43. The zero-order valence-corrected chi connectivity index (χ0v) is 11.6. The summed E-state index contributed by atoms with van der Waals surface area (Å²) in [6.45, 7) is 0.679. The van der Waals surface area contributed by atoms with Gasteiger partial charge in [0.15, 0.2) is 11.6 Å². The summed E-state index contributed by atoms with van der Waals surface area (Å²) in [6, 6.07) is 1.13. The Morgan fingerprint density at radius 1 is 1.24 bits per heavy atom. The highest BCUT2D eigenvalue weighted by Gasteiger charge is 2.26. The van der Waals surface area contributed by atoms with E-state index >= 15 is 0 Å². The number of hydrogen-bond acceptors (Lipinski definition) is 4. The Balaban J connectivity index is 2.33. The molecule has 0 bridgehead atoms. The summed E-state index contributed by atoms with van der Waals surface area (Å²) in [6.07, 6.45) is 0. The van der Waals surface area contributed by atoms with Crippen LogP contribution in [0.5, 0.6) is 0 Å². The summed E-state index contributed by atoms with van der Waals surface area (Å²) in [5.41, 5.74) is 4.17. The summed E-state index contributed by atoms with van der Waals surface area (Å²) in [4.78, 5) is 11.2. The van der Waals surface area contributed by atoms with Crippen LogP contribution in [0.25, 0.3) is 0 Å². The fourth-order valence-corrected chi connectivity index (χ4v) is 3.03. The van der Waals surface area contributed by atoms with E-state index in [0.717, 1.165) is 4.31 Å². The standard InChI is InChI=1S/C11H13F2N3O4S/c12-8-5-7(11(14)17)10(6-9(8)13)15-21(18,19)16-1-3-20-4-2-16/h5-6,15H,1-4H2,(H2,14,17). The third-order valence-electron chi connectivity index (χ3n) is 2.87. The smallest absolute Gasteiger partial charge is 0.301 e. The van der Waals surface area contributed by atoms with Crippen molar-refractivity contribution in [3.05, 3.63) is 29.3 Å². The Morgan fingerprint density at radius 3 is 2.38 bits per heavy atom. The number of carbonyl (C=O) groups is 1. The molecule has 1 aliphatic rings. The summed E-state index contributed by atoms with van der Waals surface area (Å²) in [5.74, 6) is -3.66. The normalized spacial score (nSPS) is 16.7.